The Bertz CT molecular complexity index is 937. The van der Waals surface area contributed by atoms with Crippen LogP contribution in [0.3, 0.4) is 0 Å². The highest BCUT2D eigenvalue weighted by atomic mass is 19.1. The molecule has 0 unspecified atom stereocenters. The first-order chi connectivity index (χ1) is 11.3. The lowest BCUT2D eigenvalue weighted by molar-refractivity contribution is 0.577. The van der Waals surface area contributed by atoms with Crippen LogP contribution in [-0.4, -0.2) is 14.3 Å². The smallest absolute Gasteiger partial charge is 0.275 e. The lowest BCUT2D eigenvalue weighted by Gasteiger charge is -2.07. The third-order valence-electron chi connectivity index (χ3n) is 3.88. The summed E-state index contributed by atoms with van der Waals surface area (Å²) >= 11 is 0. The fourth-order valence-corrected chi connectivity index (χ4v) is 2.90. The maximum absolute atomic E-state index is 13.3. The topological polar surface area (TPSA) is 39.8 Å². The van der Waals surface area contributed by atoms with E-state index in [-0.39, 0.29) is 12.1 Å². The highest BCUT2D eigenvalue weighted by Gasteiger charge is 2.13. The highest BCUT2D eigenvalue weighted by molar-refractivity contribution is 5.83. The fourth-order valence-electron chi connectivity index (χ4n) is 2.90. The molecule has 0 radical (unpaired) electrons. The minimum atomic E-state index is -0.611. The van der Waals surface area contributed by atoms with Gasteiger partial charge in [0, 0.05) is 37.4 Å². The van der Waals surface area contributed by atoms with Gasteiger partial charge in [0.2, 0.25) is 0 Å². The number of benzene rings is 1. The molecule has 0 N–H and O–H groups in total. The lowest BCUT2D eigenvalue weighted by Crippen LogP contribution is -2.21. The number of hydrogen-bond donors (Lipinski definition) is 0. The first kappa shape index (κ1) is 16.4. The molecule has 3 aromatic rings. The van der Waals surface area contributed by atoms with Crippen molar-refractivity contribution >= 4 is 10.8 Å². The normalized spacial score (nSPS) is 11.6. The molecule has 24 heavy (non-hydrogen) atoms. The minimum Gasteiger partial charge on any atom is -0.348 e. The van der Waals surface area contributed by atoms with Crippen molar-refractivity contribution in [2.24, 2.45) is 13.0 Å². The number of nitrogens with zero attached hydrogens (tertiary/aromatic N) is 3. The van der Waals surface area contributed by atoms with Crippen LogP contribution in [0.2, 0.25) is 0 Å². The van der Waals surface area contributed by atoms with E-state index in [1.54, 1.807) is 17.8 Å². The summed E-state index contributed by atoms with van der Waals surface area (Å²) in [4.78, 5) is 12.3. The van der Waals surface area contributed by atoms with Gasteiger partial charge in [-0.15, -0.1) is 0 Å². The highest BCUT2D eigenvalue weighted by Crippen LogP contribution is 2.19. The molecule has 3 rings (SSSR count). The van der Waals surface area contributed by atoms with Gasteiger partial charge in [0.05, 0.1) is 11.1 Å². The number of aryl methyl sites for hydroxylation is 1. The Morgan fingerprint density at radius 1 is 1.08 bits per heavy atom. The van der Waals surface area contributed by atoms with Crippen LogP contribution in [0.5, 0.6) is 0 Å². The molecule has 0 fully saturated rings. The Morgan fingerprint density at radius 2 is 1.71 bits per heavy atom. The summed E-state index contributed by atoms with van der Waals surface area (Å²) in [6, 6.07) is 3.42. The van der Waals surface area contributed by atoms with E-state index < -0.39 is 11.6 Å². The second kappa shape index (κ2) is 6.19. The lowest BCUT2D eigenvalue weighted by atomic mass is 10.1. The van der Waals surface area contributed by atoms with Gasteiger partial charge in [-0.05, 0) is 30.0 Å². The molecule has 2 aromatic heterocycles. The molecule has 0 amide bonds. The Balaban J connectivity index is 2.07. The zero-order chi connectivity index (χ0) is 17.4. The minimum absolute atomic E-state index is 0.179. The molecule has 0 bridgehead atoms. The summed E-state index contributed by atoms with van der Waals surface area (Å²) in [7, 11) is 1.63. The van der Waals surface area contributed by atoms with Gasteiger partial charge >= 0.3 is 0 Å². The van der Waals surface area contributed by atoms with Crippen LogP contribution >= 0.6 is 0 Å². The summed E-state index contributed by atoms with van der Waals surface area (Å²) in [6.45, 7) is 4.46. The second-order valence-electron chi connectivity index (χ2n) is 6.51. The van der Waals surface area contributed by atoms with Gasteiger partial charge in [-0.3, -0.25) is 4.79 Å². The first-order valence-electron chi connectivity index (χ1n) is 7.84. The van der Waals surface area contributed by atoms with Crippen LogP contribution in [0.25, 0.3) is 10.8 Å². The zero-order valence-electron chi connectivity index (χ0n) is 13.9. The van der Waals surface area contributed by atoms with E-state index in [2.05, 4.69) is 18.9 Å². The third kappa shape index (κ3) is 3.22. The number of fused-ring (bicyclic) bond motifs is 1. The molecule has 6 heteroatoms. The molecule has 0 aliphatic rings. The summed E-state index contributed by atoms with van der Waals surface area (Å²) in [5.41, 5.74) is 1.18. The molecule has 1 aromatic carbocycles. The number of aromatic nitrogens is 3. The number of halogens is 2. The van der Waals surface area contributed by atoms with Crippen molar-refractivity contribution in [1.29, 1.82) is 0 Å². The van der Waals surface area contributed by atoms with Crippen LogP contribution in [0.4, 0.5) is 8.78 Å². The van der Waals surface area contributed by atoms with E-state index in [4.69, 9.17) is 0 Å². The Kier molecular flexibility index (Phi) is 4.22. The van der Waals surface area contributed by atoms with Crippen molar-refractivity contribution in [2.75, 3.05) is 0 Å². The molecule has 0 saturated carbocycles. The van der Waals surface area contributed by atoms with Crippen molar-refractivity contribution in [1.82, 2.24) is 14.3 Å². The average molecular weight is 331 g/mol. The largest absolute Gasteiger partial charge is 0.348 e. The van der Waals surface area contributed by atoms with E-state index in [9.17, 15) is 13.6 Å². The van der Waals surface area contributed by atoms with Crippen LogP contribution in [0, 0.1) is 17.6 Å². The second-order valence-corrected chi connectivity index (χ2v) is 6.51. The summed E-state index contributed by atoms with van der Waals surface area (Å²) in [5.74, 6) is -0.821. The van der Waals surface area contributed by atoms with Crippen molar-refractivity contribution in [2.45, 2.75) is 26.8 Å². The first-order valence-corrected chi connectivity index (χ1v) is 7.84. The molecule has 2 heterocycles. The predicted octanol–water partition coefficient (Wildman–Crippen LogP) is 3.26. The molecule has 126 valence electrons. The van der Waals surface area contributed by atoms with Gasteiger partial charge < -0.3 is 4.57 Å². The van der Waals surface area contributed by atoms with Crippen LogP contribution in [-0.2, 0) is 20.0 Å². The molecule has 4 nitrogen and oxygen atoms in total. The molecule has 0 spiro atoms. The quantitative estimate of drug-likeness (QED) is 0.736. The molecular weight excluding hydrogens is 312 g/mol. The van der Waals surface area contributed by atoms with Gasteiger partial charge in [0.15, 0.2) is 0 Å². The van der Waals surface area contributed by atoms with E-state index >= 15 is 0 Å². The summed E-state index contributed by atoms with van der Waals surface area (Å²) in [6.07, 6.45) is 4.29. The van der Waals surface area contributed by atoms with Crippen LogP contribution in [0.15, 0.2) is 35.4 Å². The van der Waals surface area contributed by atoms with Crippen molar-refractivity contribution in [3.63, 3.8) is 0 Å². The fraction of sp³-hybridized carbons (Fsp3) is 0.333. The average Bonchev–Trinajstić information content (AvgIpc) is 2.87. The van der Waals surface area contributed by atoms with Crippen LogP contribution in [0.1, 0.15) is 25.1 Å². The SMILES string of the molecule is CC(C)Cc1nn(C)c(=O)c2cn(Cc3cc(F)cc(F)c3)cc12. The molecule has 0 saturated heterocycles. The van der Waals surface area contributed by atoms with E-state index in [1.165, 1.54) is 16.8 Å². The maximum atomic E-state index is 13.3. The molecule has 0 aliphatic heterocycles. The molecular formula is C18H19F2N3O. The summed E-state index contributed by atoms with van der Waals surface area (Å²) < 4.78 is 29.8. The Morgan fingerprint density at radius 3 is 2.33 bits per heavy atom. The number of hydrogen-bond acceptors (Lipinski definition) is 2. The van der Waals surface area contributed by atoms with Crippen molar-refractivity contribution in [3.8, 4) is 0 Å². The standard InChI is InChI=1S/C18H19F2N3O/c1-11(2)4-17-15-9-23(10-16(15)18(24)22(3)21-17)8-12-5-13(19)7-14(20)6-12/h5-7,9-11H,4,8H2,1-3H3. The Hall–Kier alpha value is -2.50. The molecule has 0 aliphatic carbocycles. The number of rotatable bonds is 4. The third-order valence-corrected chi connectivity index (χ3v) is 3.88. The zero-order valence-corrected chi connectivity index (χ0v) is 13.9. The molecule has 0 atom stereocenters. The van der Waals surface area contributed by atoms with Gasteiger partial charge in [0.1, 0.15) is 11.6 Å². The van der Waals surface area contributed by atoms with Gasteiger partial charge in [-0.25, -0.2) is 13.5 Å². The van der Waals surface area contributed by atoms with E-state index in [0.29, 0.717) is 16.9 Å². The van der Waals surface area contributed by atoms with E-state index in [1.807, 2.05) is 6.20 Å². The predicted molar refractivity (Wildman–Crippen MR) is 89.0 cm³/mol. The van der Waals surface area contributed by atoms with Crippen LogP contribution < -0.4 is 5.56 Å². The van der Waals surface area contributed by atoms with Gasteiger partial charge in [-0.2, -0.15) is 5.10 Å². The van der Waals surface area contributed by atoms with Crippen molar-refractivity contribution in [3.05, 3.63) is 63.8 Å². The van der Waals surface area contributed by atoms with Gasteiger partial charge in [-0.1, -0.05) is 13.8 Å². The van der Waals surface area contributed by atoms with Gasteiger partial charge in [0.25, 0.3) is 5.56 Å². The Labute approximate surface area is 138 Å². The van der Waals surface area contributed by atoms with E-state index in [0.717, 1.165) is 23.6 Å². The monoisotopic (exact) mass is 331 g/mol. The maximum Gasteiger partial charge on any atom is 0.275 e. The van der Waals surface area contributed by atoms with Crippen molar-refractivity contribution < 1.29 is 8.78 Å². The summed E-state index contributed by atoms with van der Waals surface area (Å²) in [5, 5.41) is 5.72.